The Hall–Kier alpha value is -0.970. The molecule has 0 fully saturated rings. The van der Waals surface area contributed by atoms with Gasteiger partial charge in [0.15, 0.2) is 0 Å². The molecule has 4 heteroatoms. The number of thioether (sulfide) groups is 1. The van der Waals surface area contributed by atoms with Crippen molar-refractivity contribution in [2.24, 2.45) is 0 Å². The van der Waals surface area contributed by atoms with Gasteiger partial charge in [-0.2, -0.15) is 0 Å². The van der Waals surface area contributed by atoms with E-state index < -0.39 is 0 Å². The molecule has 0 amide bonds. The van der Waals surface area contributed by atoms with Crippen LogP contribution in [-0.2, 0) is 0 Å². The molecule has 2 aromatic rings. The Bertz CT molecular complexity index is 630. The average molecular weight is 366 g/mol. The molecule has 0 aliphatic heterocycles. The smallest absolute Gasteiger partial charge is 0.124 e. The van der Waals surface area contributed by atoms with Crippen molar-refractivity contribution in [2.45, 2.75) is 17.9 Å². The predicted molar refractivity (Wildman–Crippen MR) is 94.6 cm³/mol. The maximum absolute atomic E-state index is 5.59. The van der Waals surface area contributed by atoms with Crippen molar-refractivity contribution < 1.29 is 4.74 Å². The van der Waals surface area contributed by atoms with E-state index in [0.29, 0.717) is 0 Å². The fourth-order valence-electron chi connectivity index (χ4n) is 2.46. The third-order valence-corrected chi connectivity index (χ3v) is 5.23. The molecule has 0 heterocycles. The highest BCUT2D eigenvalue weighted by Gasteiger charge is 2.20. The first-order chi connectivity index (χ1) is 10.1. The number of nitrogens with one attached hydrogen (secondary N) is 1. The lowest BCUT2D eigenvalue weighted by molar-refractivity contribution is 0.404. The summed E-state index contributed by atoms with van der Waals surface area (Å²) < 4.78 is 6.69. The minimum atomic E-state index is 0.0977. The van der Waals surface area contributed by atoms with Crippen LogP contribution in [0.5, 0.6) is 5.75 Å². The number of benzene rings is 2. The molecule has 1 N–H and O–H groups in total. The van der Waals surface area contributed by atoms with Crippen molar-refractivity contribution in [3.8, 4) is 5.75 Å². The van der Waals surface area contributed by atoms with Crippen molar-refractivity contribution >= 4 is 27.7 Å². The van der Waals surface area contributed by atoms with E-state index in [4.69, 9.17) is 4.74 Å². The van der Waals surface area contributed by atoms with Crippen LogP contribution in [0.15, 0.2) is 45.8 Å². The number of methoxy groups -OCH3 is 1. The molecule has 0 aliphatic carbocycles. The molecule has 0 aromatic heterocycles. The molecule has 0 saturated carbocycles. The molecule has 21 heavy (non-hydrogen) atoms. The van der Waals surface area contributed by atoms with Gasteiger partial charge >= 0.3 is 0 Å². The van der Waals surface area contributed by atoms with Crippen molar-refractivity contribution in [1.82, 2.24) is 5.32 Å². The number of hydrogen-bond donors (Lipinski definition) is 1. The zero-order chi connectivity index (χ0) is 15.4. The van der Waals surface area contributed by atoms with Gasteiger partial charge in [-0.1, -0.05) is 34.1 Å². The first-order valence-corrected chi connectivity index (χ1v) is 8.78. The minimum Gasteiger partial charge on any atom is -0.496 e. The summed E-state index contributed by atoms with van der Waals surface area (Å²) >= 11 is 5.39. The Balaban J connectivity index is 2.58. The second kappa shape index (κ2) is 7.34. The van der Waals surface area contributed by atoms with Crippen LogP contribution >= 0.6 is 27.7 Å². The van der Waals surface area contributed by atoms with Gasteiger partial charge in [-0.25, -0.2) is 0 Å². The predicted octanol–water partition coefficient (Wildman–Crippen LogP) is 4.80. The lowest BCUT2D eigenvalue weighted by atomic mass is 9.97. The van der Waals surface area contributed by atoms with E-state index in [2.05, 4.69) is 70.8 Å². The van der Waals surface area contributed by atoms with E-state index >= 15 is 0 Å². The first kappa shape index (κ1) is 16.4. The van der Waals surface area contributed by atoms with Crippen LogP contribution in [0.1, 0.15) is 22.7 Å². The van der Waals surface area contributed by atoms with Crippen LogP contribution in [0.3, 0.4) is 0 Å². The summed E-state index contributed by atoms with van der Waals surface area (Å²) in [4.78, 5) is 1.27. The number of hydrogen-bond acceptors (Lipinski definition) is 3. The van der Waals surface area contributed by atoms with Crippen molar-refractivity contribution in [2.75, 3.05) is 20.4 Å². The zero-order valence-electron chi connectivity index (χ0n) is 12.7. The van der Waals surface area contributed by atoms with Gasteiger partial charge in [0.1, 0.15) is 5.75 Å². The van der Waals surface area contributed by atoms with Gasteiger partial charge in [-0.05, 0) is 49.6 Å². The third-order valence-electron chi connectivity index (χ3n) is 3.56. The van der Waals surface area contributed by atoms with Crippen LogP contribution in [0.2, 0.25) is 0 Å². The molecular formula is C17H20BrNOS. The van der Waals surface area contributed by atoms with Gasteiger partial charge in [-0.3, -0.25) is 0 Å². The average Bonchev–Trinajstić information content (AvgIpc) is 2.51. The summed E-state index contributed by atoms with van der Waals surface area (Å²) in [5, 5.41) is 3.42. The Morgan fingerprint density at radius 3 is 2.52 bits per heavy atom. The third kappa shape index (κ3) is 3.44. The standard InChI is InChI=1S/C17H20BrNOS/c1-11-9-15(20-3)13(10-14(11)18)17(19-2)12-7-5-6-8-16(12)21-4/h5-10,17,19H,1-4H3. The van der Waals surface area contributed by atoms with E-state index in [1.54, 1.807) is 18.9 Å². The van der Waals surface area contributed by atoms with Crippen LogP contribution in [0.4, 0.5) is 0 Å². The Kier molecular flexibility index (Phi) is 5.73. The molecule has 0 spiro atoms. The first-order valence-electron chi connectivity index (χ1n) is 6.76. The SMILES string of the molecule is CNC(c1cc(Br)c(C)cc1OC)c1ccccc1SC. The highest BCUT2D eigenvalue weighted by Crippen LogP contribution is 2.37. The fraction of sp³-hybridized carbons (Fsp3) is 0.294. The highest BCUT2D eigenvalue weighted by atomic mass is 79.9. The highest BCUT2D eigenvalue weighted by molar-refractivity contribution is 9.10. The minimum absolute atomic E-state index is 0.0977. The largest absolute Gasteiger partial charge is 0.496 e. The molecule has 0 saturated heterocycles. The van der Waals surface area contributed by atoms with E-state index in [1.807, 2.05) is 7.05 Å². The fourth-order valence-corrected chi connectivity index (χ4v) is 3.45. The quantitative estimate of drug-likeness (QED) is 0.769. The van der Waals surface area contributed by atoms with Crippen molar-refractivity contribution in [1.29, 1.82) is 0 Å². The lowest BCUT2D eigenvalue weighted by Crippen LogP contribution is -2.19. The molecule has 2 rings (SSSR count). The Labute approximate surface area is 139 Å². The Morgan fingerprint density at radius 2 is 1.90 bits per heavy atom. The summed E-state index contributed by atoms with van der Waals surface area (Å²) in [7, 11) is 3.70. The van der Waals surface area contributed by atoms with Gasteiger partial charge in [0, 0.05) is 14.9 Å². The maximum Gasteiger partial charge on any atom is 0.124 e. The summed E-state index contributed by atoms with van der Waals surface area (Å²) in [5.41, 5.74) is 3.57. The summed E-state index contributed by atoms with van der Waals surface area (Å²) in [6.07, 6.45) is 2.11. The summed E-state index contributed by atoms with van der Waals surface area (Å²) in [6, 6.07) is 12.8. The Morgan fingerprint density at radius 1 is 1.19 bits per heavy atom. The van der Waals surface area contributed by atoms with Gasteiger partial charge in [0.2, 0.25) is 0 Å². The van der Waals surface area contributed by atoms with E-state index in [9.17, 15) is 0 Å². The summed E-state index contributed by atoms with van der Waals surface area (Å²) in [5.74, 6) is 0.908. The van der Waals surface area contributed by atoms with Gasteiger partial charge in [0.05, 0.1) is 13.2 Å². The normalized spacial score (nSPS) is 12.2. The maximum atomic E-state index is 5.59. The van der Waals surface area contributed by atoms with Gasteiger partial charge in [0.25, 0.3) is 0 Å². The number of aryl methyl sites for hydroxylation is 1. The molecule has 2 nitrogen and oxygen atoms in total. The van der Waals surface area contributed by atoms with E-state index in [-0.39, 0.29) is 6.04 Å². The monoisotopic (exact) mass is 365 g/mol. The van der Waals surface area contributed by atoms with E-state index in [0.717, 1.165) is 15.8 Å². The van der Waals surface area contributed by atoms with Gasteiger partial charge < -0.3 is 10.1 Å². The number of ether oxygens (including phenoxy) is 1. The number of rotatable bonds is 5. The molecule has 1 atom stereocenters. The topological polar surface area (TPSA) is 21.3 Å². The van der Waals surface area contributed by atoms with Gasteiger partial charge in [-0.15, -0.1) is 11.8 Å². The van der Waals surface area contributed by atoms with Crippen LogP contribution < -0.4 is 10.1 Å². The second-order valence-corrected chi connectivity index (χ2v) is 6.51. The molecular weight excluding hydrogens is 346 g/mol. The van der Waals surface area contributed by atoms with E-state index in [1.165, 1.54) is 16.0 Å². The molecule has 0 aliphatic rings. The van der Waals surface area contributed by atoms with Crippen LogP contribution in [0, 0.1) is 6.92 Å². The zero-order valence-corrected chi connectivity index (χ0v) is 15.1. The molecule has 0 bridgehead atoms. The molecule has 1 unspecified atom stereocenters. The molecule has 0 radical (unpaired) electrons. The summed E-state index contributed by atoms with van der Waals surface area (Å²) in [6.45, 7) is 2.07. The van der Waals surface area contributed by atoms with Crippen LogP contribution in [-0.4, -0.2) is 20.4 Å². The van der Waals surface area contributed by atoms with Crippen molar-refractivity contribution in [3.05, 3.63) is 57.6 Å². The second-order valence-electron chi connectivity index (χ2n) is 4.81. The molecule has 2 aromatic carbocycles. The molecule has 112 valence electrons. The number of halogens is 1. The lowest BCUT2D eigenvalue weighted by Gasteiger charge is -2.23. The van der Waals surface area contributed by atoms with Crippen LogP contribution in [0.25, 0.3) is 0 Å². The van der Waals surface area contributed by atoms with Crippen molar-refractivity contribution in [3.63, 3.8) is 0 Å².